The summed E-state index contributed by atoms with van der Waals surface area (Å²) >= 11 is 0. The molecule has 0 radical (unpaired) electrons. The van der Waals surface area contributed by atoms with Crippen molar-refractivity contribution in [3.05, 3.63) is 0 Å². The molecule has 2 unspecified atom stereocenters. The monoisotopic (exact) mass is 513 g/mol. The third kappa shape index (κ3) is 15.4. The van der Waals surface area contributed by atoms with E-state index in [9.17, 15) is 19.2 Å². The maximum Gasteiger partial charge on any atom is 0.407 e. The fraction of sp³-hybridized carbons (Fsp3) is 0.840. The van der Waals surface area contributed by atoms with E-state index in [1.54, 1.807) is 20.8 Å². The SMILES string of the molecule is CC(C)(C)OC(=O)NCCC1CC(=O)CN(C(N)=O)C1.CC(C)(C)OC(=O)NCCC1CCCNC1. The zero-order chi connectivity index (χ0) is 27.4. The van der Waals surface area contributed by atoms with Crippen LogP contribution in [0.2, 0.25) is 0 Å². The summed E-state index contributed by atoms with van der Waals surface area (Å²) in [5, 5.41) is 8.80. The van der Waals surface area contributed by atoms with Gasteiger partial charge in [-0.1, -0.05) is 0 Å². The first-order valence-electron chi connectivity index (χ1n) is 12.8. The van der Waals surface area contributed by atoms with Crippen LogP contribution in [0, 0.1) is 11.8 Å². The van der Waals surface area contributed by atoms with Crippen LogP contribution >= 0.6 is 0 Å². The number of amides is 4. The van der Waals surface area contributed by atoms with Crippen molar-refractivity contribution in [1.29, 1.82) is 0 Å². The highest BCUT2D eigenvalue weighted by atomic mass is 16.6. The molecule has 2 rings (SSSR count). The number of hydrogen-bond acceptors (Lipinski definition) is 7. The summed E-state index contributed by atoms with van der Waals surface area (Å²) in [6.45, 7) is 14.9. The summed E-state index contributed by atoms with van der Waals surface area (Å²) in [4.78, 5) is 46.7. The van der Waals surface area contributed by atoms with Crippen LogP contribution in [-0.4, -0.2) is 79.4 Å². The van der Waals surface area contributed by atoms with Gasteiger partial charge in [0.2, 0.25) is 0 Å². The van der Waals surface area contributed by atoms with Crippen LogP contribution in [0.25, 0.3) is 0 Å². The summed E-state index contributed by atoms with van der Waals surface area (Å²) in [5.74, 6) is 0.722. The van der Waals surface area contributed by atoms with E-state index in [0.717, 1.165) is 19.5 Å². The van der Waals surface area contributed by atoms with Gasteiger partial charge in [0.15, 0.2) is 5.78 Å². The molecule has 11 heteroatoms. The summed E-state index contributed by atoms with van der Waals surface area (Å²) in [5.41, 5.74) is 4.24. The lowest BCUT2D eigenvalue weighted by molar-refractivity contribution is -0.122. The number of likely N-dealkylation sites (tertiary alicyclic amines) is 1. The molecule has 4 amide bonds. The van der Waals surface area contributed by atoms with Gasteiger partial charge in [-0.25, -0.2) is 14.4 Å². The first-order chi connectivity index (χ1) is 16.6. The minimum absolute atomic E-state index is 0.00248. The minimum atomic E-state index is -0.580. The van der Waals surface area contributed by atoms with Crippen LogP contribution in [-0.2, 0) is 14.3 Å². The number of nitrogens with two attached hydrogens (primary N) is 1. The van der Waals surface area contributed by atoms with Crippen LogP contribution in [0.1, 0.15) is 73.6 Å². The van der Waals surface area contributed by atoms with Crippen LogP contribution in [0.5, 0.6) is 0 Å². The van der Waals surface area contributed by atoms with Crippen LogP contribution in [0.4, 0.5) is 14.4 Å². The zero-order valence-corrected chi connectivity index (χ0v) is 22.9. The van der Waals surface area contributed by atoms with Gasteiger partial charge >= 0.3 is 18.2 Å². The van der Waals surface area contributed by atoms with E-state index < -0.39 is 23.3 Å². The molecule has 0 aliphatic carbocycles. The van der Waals surface area contributed by atoms with E-state index in [4.69, 9.17) is 15.2 Å². The number of urea groups is 1. The predicted octanol–water partition coefficient (Wildman–Crippen LogP) is 2.77. The third-order valence-electron chi connectivity index (χ3n) is 5.51. The number of nitrogens with zero attached hydrogens (tertiary/aromatic N) is 1. The van der Waals surface area contributed by atoms with Crippen LogP contribution in [0.15, 0.2) is 0 Å². The Labute approximate surface area is 215 Å². The van der Waals surface area contributed by atoms with Crippen molar-refractivity contribution < 1.29 is 28.7 Å². The fourth-order valence-electron chi connectivity index (χ4n) is 3.96. The second kappa shape index (κ2) is 14.9. The molecule has 2 heterocycles. The van der Waals surface area contributed by atoms with Gasteiger partial charge in [0, 0.05) is 26.1 Å². The molecular formula is C25H47N5O6. The standard InChI is InChI=1S/C13H23N3O4.C12H24N2O2/c1-13(2,3)20-12(19)15-5-4-9-6-10(17)8-16(7-9)11(14)18;1-12(2,3)16-11(15)14-8-6-10-5-4-7-13-9-10/h9H,4-8H2,1-3H3,(H2,14,18)(H,15,19);10,13H,4-9H2,1-3H3,(H,14,15). The van der Waals surface area contributed by atoms with Gasteiger partial charge < -0.3 is 36.1 Å². The molecule has 0 saturated carbocycles. The Morgan fingerprint density at radius 2 is 1.50 bits per heavy atom. The number of carbonyl (C=O) groups is 4. The summed E-state index contributed by atoms with van der Waals surface area (Å²) in [6, 6.07) is -0.580. The molecule has 0 aromatic carbocycles. The third-order valence-corrected chi connectivity index (χ3v) is 5.51. The number of carbonyl (C=O) groups excluding carboxylic acids is 4. The maximum absolute atomic E-state index is 11.5. The second-order valence-electron chi connectivity index (χ2n) is 11.5. The number of ketones is 1. The molecule has 0 spiro atoms. The molecule has 2 aliphatic rings. The molecule has 0 bridgehead atoms. The lowest BCUT2D eigenvalue weighted by Crippen LogP contribution is -2.47. The molecule has 2 aliphatic heterocycles. The summed E-state index contributed by atoms with van der Waals surface area (Å²) in [6.07, 6.45) is 3.78. The Hall–Kier alpha value is -2.56. The van der Waals surface area contributed by atoms with Gasteiger partial charge in [-0.05, 0) is 92.2 Å². The Morgan fingerprint density at radius 3 is 1.94 bits per heavy atom. The molecule has 0 aromatic rings. The lowest BCUT2D eigenvalue weighted by Gasteiger charge is -2.30. The fourth-order valence-corrected chi connectivity index (χ4v) is 3.96. The number of Topliss-reactive ketones (excluding diaryl/α,β-unsaturated/α-hetero) is 1. The highest BCUT2D eigenvalue weighted by Crippen LogP contribution is 2.17. The smallest absolute Gasteiger partial charge is 0.407 e. The number of rotatable bonds is 6. The first kappa shape index (κ1) is 31.5. The van der Waals surface area contributed by atoms with E-state index in [1.807, 2.05) is 20.8 Å². The summed E-state index contributed by atoms with van der Waals surface area (Å²) in [7, 11) is 0. The van der Waals surface area contributed by atoms with E-state index in [-0.39, 0.29) is 24.3 Å². The molecule has 0 aromatic heterocycles. The van der Waals surface area contributed by atoms with Crippen molar-refractivity contribution >= 4 is 24.0 Å². The molecule has 36 heavy (non-hydrogen) atoms. The number of alkyl carbamates (subject to hydrolysis) is 2. The van der Waals surface area contributed by atoms with Crippen LogP contribution in [0.3, 0.4) is 0 Å². The highest BCUT2D eigenvalue weighted by molar-refractivity contribution is 5.86. The lowest BCUT2D eigenvalue weighted by atomic mass is 9.94. The quantitative estimate of drug-likeness (QED) is 0.426. The van der Waals surface area contributed by atoms with E-state index in [0.29, 0.717) is 38.4 Å². The molecule has 208 valence electrons. The average molecular weight is 514 g/mol. The average Bonchev–Trinajstić information content (AvgIpc) is 2.72. The zero-order valence-electron chi connectivity index (χ0n) is 22.9. The van der Waals surface area contributed by atoms with Gasteiger partial charge in [0.1, 0.15) is 11.2 Å². The largest absolute Gasteiger partial charge is 0.444 e. The number of hydrogen-bond donors (Lipinski definition) is 4. The molecule has 2 saturated heterocycles. The summed E-state index contributed by atoms with van der Waals surface area (Å²) < 4.78 is 10.3. The van der Waals surface area contributed by atoms with Crippen molar-refractivity contribution in [2.24, 2.45) is 17.6 Å². The van der Waals surface area contributed by atoms with Crippen LogP contribution < -0.4 is 21.7 Å². The van der Waals surface area contributed by atoms with Gasteiger partial charge in [0.05, 0.1) is 6.54 Å². The number of piperidine rings is 2. The maximum atomic E-state index is 11.5. The van der Waals surface area contributed by atoms with Gasteiger partial charge in [-0.3, -0.25) is 4.79 Å². The van der Waals surface area contributed by atoms with E-state index in [2.05, 4.69) is 16.0 Å². The second-order valence-corrected chi connectivity index (χ2v) is 11.5. The van der Waals surface area contributed by atoms with E-state index in [1.165, 1.54) is 17.7 Å². The van der Waals surface area contributed by atoms with Crippen molar-refractivity contribution in [2.75, 3.05) is 39.3 Å². The molecular weight excluding hydrogens is 466 g/mol. The Bertz CT molecular complexity index is 725. The number of ether oxygens (including phenoxy) is 2. The van der Waals surface area contributed by atoms with Crippen molar-refractivity contribution in [3.63, 3.8) is 0 Å². The molecule has 2 atom stereocenters. The number of nitrogens with one attached hydrogen (secondary N) is 3. The van der Waals surface area contributed by atoms with Crippen molar-refractivity contribution in [2.45, 2.75) is 84.8 Å². The number of primary amides is 1. The van der Waals surface area contributed by atoms with Gasteiger partial charge in [-0.2, -0.15) is 0 Å². The molecule has 2 fully saturated rings. The Balaban J connectivity index is 0.000000369. The van der Waals surface area contributed by atoms with Gasteiger partial charge in [-0.15, -0.1) is 0 Å². The normalized spacial score (nSPS) is 20.5. The highest BCUT2D eigenvalue weighted by Gasteiger charge is 2.27. The predicted molar refractivity (Wildman–Crippen MR) is 138 cm³/mol. The van der Waals surface area contributed by atoms with Crippen molar-refractivity contribution in [3.8, 4) is 0 Å². The van der Waals surface area contributed by atoms with Gasteiger partial charge in [0.25, 0.3) is 0 Å². The minimum Gasteiger partial charge on any atom is -0.444 e. The molecule has 5 N–H and O–H groups in total. The Kier molecular flexibility index (Phi) is 13.0. The topological polar surface area (TPSA) is 152 Å². The van der Waals surface area contributed by atoms with E-state index >= 15 is 0 Å². The van der Waals surface area contributed by atoms with Crippen molar-refractivity contribution in [1.82, 2.24) is 20.9 Å². The first-order valence-corrected chi connectivity index (χ1v) is 12.8. The Morgan fingerprint density at radius 1 is 0.972 bits per heavy atom. The molecule has 11 nitrogen and oxygen atoms in total.